The Hall–Kier alpha value is -0.290. The molecular weight excluding hydrogens is 183 g/mol. The molecule has 1 heterocycles. The molecule has 1 fully saturated rings. The van der Waals surface area contributed by atoms with Crippen LogP contribution in [-0.2, 0) is 4.74 Å². The van der Waals surface area contributed by atoms with Crippen molar-refractivity contribution in [2.24, 2.45) is 5.92 Å². The van der Waals surface area contributed by atoms with Gasteiger partial charge in [-0.25, -0.2) is 0 Å². The number of alkyl halides is 3. The summed E-state index contributed by atoms with van der Waals surface area (Å²) in [5, 5.41) is 2.81. The van der Waals surface area contributed by atoms with Crippen molar-refractivity contribution in [3.63, 3.8) is 0 Å². The zero-order chi connectivity index (χ0) is 10.1. The van der Waals surface area contributed by atoms with Crippen molar-refractivity contribution < 1.29 is 17.9 Å². The Morgan fingerprint density at radius 3 is 2.46 bits per heavy atom. The van der Waals surface area contributed by atoms with Crippen LogP contribution in [-0.4, -0.2) is 31.5 Å². The standard InChI is InChI=1S/C8H14F3NO/c1-5-4-13-7(8(9,10)11)3-12-6(5)2/h5-7,12H,3-4H2,1-2H3. The number of ether oxygens (including phenoxy) is 1. The molecule has 2 nitrogen and oxygen atoms in total. The summed E-state index contributed by atoms with van der Waals surface area (Å²) in [6.45, 7) is 3.76. The first-order valence-electron chi connectivity index (χ1n) is 4.33. The van der Waals surface area contributed by atoms with Crippen LogP contribution in [0.5, 0.6) is 0 Å². The van der Waals surface area contributed by atoms with Crippen molar-refractivity contribution >= 4 is 0 Å². The third-order valence-electron chi connectivity index (χ3n) is 2.40. The van der Waals surface area contributed by atoms with Gasteiger partial charge < -0.3 is 10.1 Å². The second-order valence-electron chi connectivity index (χ2n) is 3.54. The van der Waals surface area contributed by atoms with Gasteiger partial charge in [0.15, 0.2) is 6.10 Å². The average Bonchev–Trinajstić information content (AvgIpc) is 2.14. The van der Waals surface area contributed by atoms with Gasteiger partial charge in [0.1, 0.15) is 0 Å². The Morgan fingerprint density at radius 2 is 1.92 bits per heavy atom. The Bertz CT molecular complexity index is 159. The van der Waals surface area contributed by atoms with Crippen molar-refractivity contribution in [2.75, 3.05) is 13.2 Å². The maximum Gasteiger partial charge on any atom is 0.415 e. The predicted molar refractivity (Wildman–Crippen MR) is 42.4 cm³/mol. The van der Waals surface area contributed by atoms with Crippen LogP contribution in [0.4, 0.5) is 13.2 Å². The fourth-order valence-electron chi connectivity index (χ4n) is 1.18. The van der Waals surface area contributed by atoms with Gasteiger partial charge in [-0.2, -0.15) is 13.2 Å². The molecule has 0 saturated carbocycles. The maximum absolute atomic E-state index is 12.2. The van der Waals surface area contributed by atoms with Gasteiger partial charge in [-0.3, -0.25) is 0 Å². The van der Waals surface area contributed by atoms with Crippen LogP contribution in [0, 0.1) is 5.92 Å². The smallest absolute Gasteiger partial charge is 0.367 e. The predicted octanol–water partition coefficient (Wildman–Crippen LogP) is 1.56. The zero-order valence-electron chi connectivity index (χ0n) is 7.69. The minimum atomic E-state index is -4.25. The minimum Gasteiger partial charge on any atom is -0.367 e. The summed E-state index contributed by atoms with van der Waals surface area (Å²) in [5.41, 5.74) is 0. The quantitative estimate of drug-likeness (QED) is 0.636. The molecule has 3 unspecified atom stereocenters. The lowest BCUT2D eigenvalue weighted by molar-refractivity contribution is -0.217. The summed E-state index contributed by atoms with van der Waals surface area (Å²) in [6, 6.07) is 0.0762. The molecular formula is C8H14F3NO. The van der Waals surface area contributed by atoms with Crippen molar-refractivity contribution in [2.45, 2.75) is 32.2 Å². The van der Waals surface area contributed by atoms with E-state index in [-0.39, 0.29) is 25.1 Å². The molecule has 1 rings (SSSR count). The lowest BCUT2D eigenvalue weighted by Gasteiger charge is -2.18. The molecule has 1 aliphatic rings. The van der Waals surface area contributed by atoms with E-state index in [1.807, 2.05) is 13.8 Å². The SMILES string of the molecule is CC1COC(C(F)(F)F)CNC1C. The Kier molecular flexibility index (Phi) is 3.18. The highest BCUT2D eigenvalue weighted by Crippen LogP contribution is 2.25. The molecule has 78 valence electrons. The van der Waals surface area contributed by atoms with Crippen LogP contribution in [0.1, 0.15) is 13.8 Å². The van der Waals surface area contributed by atoms with Gasteiger partial charge in [0.2, 0.25) is 0 Å². The first-order chi connectivity index (χ1) is 5.91. The lowest BCUT2D eigenvalue weighted by atomic mass is 10.1. The summed E-state index contributed by atoms with van der Waals surface area (Å²) in [4.78, 5) is 0. The molecule has 1 aliphatic heterocycles. The fraction of sp³-hybridized carbons (Fsp3) is 1.00. The molecule has 0 aliphatic carbocycles. The van der Waals surface area contributed by atoms with Gasteiger partial charge in [0.25, 0.3) is 0 Å². The molecule has 0 aromatic heterocycles. The number of hydrogen-bond donors (Lipinski definition) is 1. The summed E-state index contributed by atoms with van der Waals surface area (Å²) in [7, 11) is 0. The molecule has 1 N–H and O–H groups in total. The third kappa shape index (κ3) is 2.84. The van der Waals surface area contributed by atoms with E-state index in [0.717, 1.165) is 0 Å². The van der Waals surface area contributed by atoms with E-state index in [9.17, 15) is 13.2 Å². The Labute approximate surface area is 75.4 Å². The van der Waals surface area contributed by atoms with E-state index in [1.165, 1.54) is 0 Å². The van der Waals surface area contributed by atoms with Gasteiger partial charge in [0.05, 0.1) is 6.61 Å². The maximum atomic E-state index is 12.2. The van der Waals surface area contributed by atoms with E-state index in [1.54, 1.807) is 0 Å². The number of hydrogen-bond acceptors (Lipinski definition) is 2. The molecule has 13 heavy (non-hydrogen) atoms. The Morgan fingerprint density at radius 1 is 1.31 bits per heavy atom. The number of nitrogens with one attached hydrogen (secondary N) is 1. The van der Waals surface area contributed by atoms with E-state index < -0.39 is 12.3 Å². The highest BCUT2D eigenvalue weighted by atomic mass is 19.4. The van der Waals surface area contributed by atoms with Crippen LogP contribution < -0.4 is 5.32 Å². The second kappa shape index (κ2) is 3.84. The monoisotopic (exact) mass is 197 g/mol. The van der Waals surface area contributed by atoms with Crippen LogP contribution in [0.25, 0.3) is 0 Å². The number of rotatable bonds is 0. The lowest BCUT2D eigenvalue weighted by Crippen LogP contribution is -2.40. The molecule has 0 aromatic rings. The number of halogens is 3. The summed E-state index contributed by atoms with van der Waals surface area (Å²) >= 11 is 0. The first kappa shape index (κ1) is 10.8. The Balaban J connectivity index is 2.54. The van der Waals surface area contributed by atoms with Crippen molar-refractivity contribution in [3.8, 4) is 0 Å². The van der Waals surface area contributed by atoms with Gasteiger partial charge in [-0.05, 0) is 12.8 Å². The highest BCUT2D eigenvalue weighted by molar-refractivity contribution is 4.79. The highest BCUT2D eigenvalue weighted by Gasteiger charge is 2.42. The van der Waals surface area contributed by atoms with Crippen LogP contribution in [0.3, 0.4) is 0 Å². The molecule has 1 saturated heterocycles. The summed E-state index contributed by atoms with van der Waals surface area (Å²) < 4.78 is 41.4. The molecule has 5 heteroatoms. The molecule has 0 radical (unpaired) electrons. The van der Waals surface area contributed by atoms with E-state index >= 15 is 0 Å². The van der Waals surface area contributed by atoms with E-state index in [4.69, 9.17) is 4.74 Å². The largest absolute Gasteiger partial charge is 0.415 e. The van der Waals surface area contributed by atoms with Crippen molar-refractivity contribution in [1.29, 1.82) is 0 Å². The molecule has 0 spiro atoms. The van der Waals surface area contributed by atoms with E-state index in [0.29, 0.717) is 0 Å². The third-order valence-corrected chi connectivity index (χ3v) is 2.40. The van der Waals surface area contributed by atoms with Gasteiger partial charge in [-0.1, -0.05) is 6.92 Å². The van der Waals surface area contributed by atoms with Crippen LogP contribution in [0.15, 0.2) is 0 Å². The molecule has 0 aromatic carbocycles. The van der Waals surface area contributed by atoms with Crippen LogP contribution >= 0.6 is 0 Å². The van der Waals surface area contributed by atoms with E-state index in [2.05, 4.69) is 5.32 Å². The fourth-order valence-corrected chi connectivity index (χ4v) is 1.18. The molecule has 0 bridgehead atoms. The molecule has 0 amide bonds. The topological polar surface area (TPSA) is 21.3 Å². The van der Waals surface area contributed by atoms with Crippen molar-refractivity contribution in [1.82, 2.24) is 5.32 Å². The minimum absolute atomic E-state index is 0.0762. The summed E-state index contributed by atoms with van der Waals surface area (Å²) in [5.74, 6) is 0.118. The van der Waals surface area contributed by atoms with Gasteiger partial charge >= 0.3 is 6.18 Å². The second-order valence-corrected chi connectivity index (χ2v) is 3.54. The average molecular weight is 197 g/mol. The van der Waals surface area contributed by atoms with Crippen LogP contribution in [0.2, 0.25) is 0 Å². The van der Waals surface area contributed by atoms with Gasteiger partial charge in [0, 0.05) is 12.6 Å². The van der Waals surface area contributed by atoms with Gasteiger partial charge in [-0.15, -0.1) is 0 Å². The van der Waals surface area contributed by atoms with Crippen molar-refractivity contribution in [3.05, 3.63) is 0 Å². The summed E-state index contributed by atoms with van der Waals surface area (Å²) in [6.07, 6.45) is -5.91. The molecule has 3 atom stereocenters. The first-order valence-corrected chi connectivity index (χ1v) is 4.33. The zero-order valence-corrected chi connectivity index (χ0v) is 7.69. The normalized spacial score (nSPS) is 37.2.